The molecule has 2 rings (SSSR count). The highest BCUT2D eigenvalue weighted by molar-refractivity contribution is 5.31. The van der Waals surface area contributed by atoms with Crippen LogP contribution in [0.2, 0.25) is 0 Å². The van der Waals surface area contributed by atoms with Gasteiger partial charge in [-0.25, -0.2) is 4.39 Å². The van der Waals surface area contributed by atoms with Gasteiger partial charge in [0, 0.05) is 0 Å². The maximum Gasteiger partial charge on any atom is 0.165 e. The molecule has 1 unspecified atom stereocenters. The van der Waals surface area contributed by atoms with Crippen LogP contribution in [0.1, 0.15) is 17.2 Å². The van der Waals surface area contributed by atoms with E-state index in [2.05, 4.69) is 0 Å². The summed E-state index contributed by atoms with van der Waals surface area (Å²) >= 11 is 0. The second-order valence-electron chi connectivity index (χ2n) is 4.25. The molecule has 3 N–H and O–H groups in total. The highest BCUT2D eigenvalue weighted by atomic mass is 19.1. The van der Waals surface area contributed by atoms with Crippen molar-refractivity contribution in [3.05, 3.63) is 65.5 Å². The first kappa shape index (κ1) is 13.5. The average molecular weight is 261 g/mol. The van der Waals surface area contributed by atoms with Crippen molar-refractivity contribution in [1.82, 2.24) is 0 Å². The normalized spacial score (nSPS) is 12.2. The van der Waals surface area contributed by atoms with Gasteiger partial charge in [-0.15, -0.1) is 0 Å². The fourth-order valence-corrected chi connectivity index (χ4v) is 1.71. The number of aliphatic hydroxyl groups is 1. The Morgan fingerprint density at radius 2 is 1.89 bits per heavy atom. The minimum Gasteiger partial charge on any atom is -0.486 e. The van der Waals surface area contributed by atoms with Crippen LogP contribution in [-0.2, 0) is 6.61 Å². The van der Waals surface area contributed by atoms with Gasteiger partial charge in [-0.05, 0) is 23.3 Å². The summed E-state index contributed by atoms with van der Waals surface area (Å²) < 4.78 is 19.2. The topological polar surface area (TPSA) is 55.5 Å². The molecule has 2 aromatic carbocycles. The van der Waals surface area contributed by atoms with Crippen molar-refractivity contribution in [2.45, 2.75) is 12.6 Å². The van der Waals surface area contributed by atoms with Gasteiger partial charge in [-0.1, -0.05) is 36.4 Å². The fraction of sp³-hybridized carbons (Fsp3) is 0.200. The molecule has 0 spiro atoms. The second-order valence-corrected chi connectivity index (χ2v) is 4.25. The number of hydrogen-bond donors (Lipinski definition) is 2. The van der Waals surface area contributed by atoms with Crippen molar-refractivity contribution in [3.8, 4) is 5.75 Å². The third-order valence-electron chi connectivity index (χ3n) is 2.82. The lowest BCUT2D eigenvalue weighted by molar-refractivity contribution is 0.266. The molecule has 0 amide bonds. The molecule has 0 aromatic heterocycles. The van der Waals surface area contributed by atoms with Crippen molar-refractivity contribution >= 4 is 0 Å². The van der Waals surface area contributed by atoms with E-state index in [4.69, 9.17) is 15.6 Å². The van der Waals surface area contributed by atoms with Gasteiger partial charge in [0.25, 0.3) is 0 Å². The van der Waals surface area contributed by atoms with E-state index < -0.39 is 11.9 Å². The van der Waals surface area contributed by atoms with Gasteiger partial charge in [-0.3, -0.25) is 0 Å². The lowest BCUT2D eigenvalue weighted by Crippen LogP contribution is -2.14. The summed E-state index contributed by atoms with van der Waals surface area (Å²) in [5.74, 6) is -0.296. The van der Waals surface area contributed by atoms with E-state index in [0.29, 0.717) is 12.2 Å². The van der Waals surface area contributed by atoms with Crippen LogP contribution in [0.25, 0.3) is 0 Å². The van der Waals surface area contributed by atoms with Gasteiger partial charge >= 0.3 is 0 Å². The molecule has 0 radical (unpaired) electrons. The summed E-state index contributed by atoms with van der Waals surface area (Å²) in [5, 5.41) is 8.92. The van der Waals surface area contributed by atoms with Crippen LogP contribution in [0, 0.1) is 5.82 Å². The van der Waals surface area contributed by atoms with E-state index in [-0.39, 0.29) is 12.4 Å². The Morgan fingerprint density at radius 3 is 2.53 bits per heavy atom. The molecular formula is C15H16FNO2. The molecular weight excluding hydrogens is 245 g/mol. The molecule has 19 heavy (non-hydrogen) atoms. The number of ether oxygens (including phenoxy) is 1. The summed E-state index contributed by atoms with van der Waals surface area (Å²) in [4.78, 5) is 0. The monoisotopic (exact) mass is 261 g/mol. The van der Waals surface area contributed by atoms with Crippen LogP contribution in [0.5, 0.6) is 5.75 Å². The van der Waals surface area contributed by atoms with E-state index in [9.17, 15) is 4.39 Å². The zero-order chi connectivity index (χ0) is 13.7. The Balaban J connectivity index is 2.05. The summed E-state index contributed by atoms with van der Waals surface area (Å²) in [5.41, 5.74) is 7.14. The Hall–Kier alpha value is -1.91. The van der Waals surface area contributed by atoms with E-state index in [0.717, 1.165) is 5.56 Å². The lowest BCUT2D eigenvalue weighted by Gasteiger charge is -2.11. The smallest absolute Gasteiger partial charge is 0.165 e. The molecule has 100 valence electrons. The zero-order valence-electron chi connectivity index (χ0n) is 10.4. The predicted molar refractivity (Wildman–Crippen MR) is 71.2 cm³/mol. The van der Waals surface area contributed by atoms with Gasteiger partial charge in [0.15, 0.2) is 11.6 Å². The van der Waals surface area contributed by atoms with Crippen LogP contribution in [0.3, 0.4) is 0 Å². The van der Waals surface area contributed by atoms with Crippen molar-refractivity contribution in [2.24, 2.45) is 5.73 Å². The average Bonchev–Trinajstić information content (AvgIpc) is 2.46. The highest BCUT2D eigenvalue weighted by Crippen LogP contribution is 2.22. The van der Waals surface area contributed by atoms with E-state index in [1.807, 2.05) is 30.3 Å². The largest absolute Gasteiger partial charge is 0.486 e. The summed E-state index contributed by atoms with van der Waals surface area (Å²) in [7, 11) is 0. The molecule has 0 fully saturated rings. The number of nitrogens with two attached hydrogens (primary N) is 1. The molecule has 0 aliphatic rings. The minimum atomic E-state index is -0.572. The number of aliphatic hydroxyl groups excluding tert-OH is 1. The SMILES string of the molecule is NC(CO)c1ccc(OCc2ccccc2)c(F)c1. The Kier molecular flexibility index (Phi) is 4.49. The first-order valence-electron chi connectivity index (χ1n) is 6.03. The number of rotatable bonds is 5. The standard InChI is InChI=1S/C15H16FNO2/c16-13-8-12(14(17)9-18)6-7-15(13)19-10-11-4-2-1-3-5-11/h1-8,14,18H,9-10,17H2. The predicted octanol–water partition coefficient (Wildman–Crippen LogP) is 2.40. The minimum absolute atomic E-state index is 0.178. The quantitative estimate of drug-likeness (QED) is 0.869. The fourth-order valence-electron chi connectivity index (χ4n) is 1.71. The van der Waals surface area contributed by atoms with Gasteiger partial charge < -0.3 is 15.6 Å². The van der Waals surface area contributed by atoms with Crippen LogP contribution >= 0.6 is 0 Å². The number of halogens is 1. The Labute approximate surface area is 111 Å². The second kappa shape index (κ2) is 6.31. The van der Waals surface area contributed by atoms with E-state index in [1.54, 1.807) is 6.07 Å². The molecule has 0 bridgehead atoms. The summed E-state index contributed by atoms with van der Waals surface area (Å²) in [6.45, 7) is 0.0901. The Morgan fingerprint density at radius 1 is 1.16 bits per heavy atom. The van der Waals surface area contributed by atoms with Crippen molar-refractivity contribution in [2.75, 3.05) is 6.61 Å². The maximum absolute atomic E-state index is 13.8. The van der Waals surface area contributed by atoms with Crippen molar-refractivity contribution < 1.29 is 14.2 Å². The van der Waals surface area contributed by atoms with Crippen molar-refractivity contribution in [1.29, 1.82) is 0 Å². The molecule has 0 aliphatic heterocycles. The first-order chi connectivity index (χ1) is 9.20. The van der Waals surface area contributed by atoms with Gasteiger partial charge in [-0.2, -0.15) is 0 Å². The van der Waals surface area contributed by atoms with Crippen LogP contribution in [-0.4, -0.2) is 11.7 Å². The van der Waals surface area contributed by atoms with Gasteiger partial charge in [0.05, 0.1) is 12.6 Å². The lowest BCUT2D eigenvalue weighted by atomic mass is 10.1. The molecule has 4 heteroatoms. The molecule has 0 saturated heterocycles. The van der Waals surface area contributed by atoms with Crippen LogP contribution in [0.4, 0.5) is 4.39 Å². The highest BCUT2D eigenvalue weighted by Gasteiger charge is 2.09. The van der Waals surface area contributed by atoms with Crippen LogP contribution in [0.15, 0.2) is 48.5 Å². The zero-order valence-corrected chi connectivity index (χ0v) is 10.4. The third kappa shape index (κ3) is 3.53. The maximum atomic E-state index is 13.8. The molecule has 0 heterocycles. The molecule has 0 saturated carbocycles. The van der Waals surface area contributed by atoms with E-state index in [1.165, 1.54) is 12.1 Å². The van der Waals surface area contributed by atoms with Crippen LogP contribution < -0.4 is 10.5 Å². The summed E-state index contributed by atoms with van der Waals surface area (Å²) in [6.07, 6.45) is 0. The molecule has 2 aromatic rings. The van der Waals surface area contributed by atoms with Crippen molar-refractivity contribution in [3.63, 3.8) is 0 Å². The summed E-state index contributed by atoms with van der Waals surface area (Å²) in [6, 6.07) is 13.4. The first-order valence-corrected chi connectivity index (χ1v) is 6.03. The number of hydrogen-bond acceptors (Lipinski definition) is 3. The Bertz CT molecular complexity index is 531. The van der Waals surface area contributed by atoms with Gasteiger partial charge in [0.1, 0.15) is 6.61 Å². The molecule has 1 atom stereocenters. The van der Waals surface area contributed by atoms with Gasteiger partial charge in [0.2, 0.25) is 0 Å². The molecule has 0 aliphatic carbocycles. The number of benzene rings is 2. The third-order valence-corrected chi connectivity index (χ3v) is 2.82. The van der Waals surface area contributed by atoms with E-state index >= 15 is 0 Å². The molecule has 3 nitrogen and oxygen atoms in total.